The van der Waals surface area contributed by atoms with Crippen LogP contribution in [0.2, 0.25) is 0 Å². The van der Waals surface area contributed by atoms with Gasteiger partial charge in [0.1, 0.15) is 5.82 Å². The zero-order chi connectivity index (χ0) is 18.1. The summed E-state index contributed by atoms with van der Waals surface area (Å²) in [5, 5.41) is 2.69. The number of nitrogens with one attached hydrogen (secondary N) is 1. The van der Waals surface area contributed by atoms with Crippen LogP contribution in [0.4, 0.5) is 10.1 Å². The van der Waals surface area contributed by atoms with E-state index in [1.54, 1.807) is 30.0 Å². The first kappa shape index (κ1) is 19.3. The molecule has 0 unspecified atom stereocenters. The fraction of sp³-hybridized carbons (Fsp3) is 0.222. The Labute approximate surface area is 154 Å². The summed E-state index contributed by atoms with van der Waals surface area (Å²) < 4.78 is 17.7. The fourth-order valence-electron chi connectivity index (χ4n) is 1.92. The summed E-state index contributed by atoms with van der Waals surface area (Å²) in [7, 11) is 0. The van der Waals surface area contributed by atoms with Crippen molar-refractivity contribution in [3.8, 4) is 0 Å². The zero-order valence-electron chi connectivity index (χ0n) is 13.7. The molecule has 0 atom stereocenters. The van der Waals surface area contributed by atoms with Crippen LogP contribution in [0, 0.1) is 5.82 Å². The number of benzene rings is 2. The van der Waals surface area contributed by atoms with Crippen molar-refractivity contribution in [1.82, 2.24) is 0 Å². The first-order valence-electron chi connectivity index (χ1n) is 7.48. The second kappa shape index (κ2) is 10.1. The second-order valence-electron chi connectivity index (χ2n) is 5.06. The largest absolute Gasteiger partial charge is 0.455 e. The number of anilines is 1. The topological polar surface area (TPSA) is 55.4 Å². The molecular formula is C18H18FNO3S2. The molecule has 7 heteroatoms. The number of ether oxygens (including phenoxy) is 1. The van der Waals surface area contributed by atoms with E-state index in [4.69, 9.17) is 4.74 Å². The molecule has 0 aliphatic carbocycles. The molecule has 0 saturated heterocycles. The summed E-state index contributed by atoms with van der Waals surface area (Å²) in [6.45, 7) is -0.320. The van der Waals surface area contributed by atoms with E-state index >= 15 is 0 Å². The highest BCUT2D eigenvalue weighted by molar-refractivity contribution is 7.99. The second-order valence-corrected chi connectivity index (χ2v) is 6.93. The molecule has 25 heavy (non-hydrogen) atoms. The van der Waals surface area contributed by atoms with Crippen molar-refractivity contribution < 1.29 is 18.7 Å². The van der Waals surface area contributed by atoms with Gasteiger partial charge in [0, 0.05) is 16.3 Å². The van der Waals surface area contributed by atoms with E-state index in [1.807, 2.05) is 24.5 Å². The number of amides is 1. The van der Waals surface area contributed by atoms with Gasteiger partial charge in [-0.2, -0.15) is 0 Å². The minimum Gasteiger partial charge on any atom is -0.455 e. The third-order valence-electron chi connectivity index (χ3n) is 3.12. The first-order chi connectivity index (χ1) is 12.1. The Morgan fingerprint density at radius 3 is 2.64 bits per heavy atom. The van der Waals surface area contributed by atoms with Gasteiger partial charge < -0.3 is 10.1 Å². The highest BCUT2D eigenvalue weighted by Crippen LogP contribution is 2.19. The molecule has 0 aromatic heterocycles. The number of halogens is 1. The van der Waals surface area contributed by atoms with Gasteiger partial charge in [0.2, 0.25) is 0 Å². The van der Waals surface area contributed by atoms with E-state index < -0.39 is 5.97 Å². The summed E-state index contributed by atoms with van der Waals surface area (Å²) >= 11 is 2.93. The lowest BCUT2D eigenvalue weighted by Crippen LogP contribution is -2.21. The van der Waals surface area contributed by atoms with Crippen LogP contribution in [0.3, 0.4) is 0 Å². The van der Waals surface area contributed by atoms with E-state index in [9.17, 15) is 14.0 Å². The predicted molar refractivity (Wildman–Crippen MR) is 100 cm³/mol. The minimum atomic E-state index is -0.458. The molecule has 0 heterocycles. The van der Waals surface area contributed by atoms with Crippen LogP contribution in [0.1, 0.15) is 5.56 Å². The molecule has 4 nitrogen and oxygen atoms in total. The van der Waals surface area contributed by atoms with Crippen molar-refractivity contribution in [3.05, 3.63) is 59.9 Å². The van der Waals surface area contributed by atoms with E-state index in [-0.39, 0.29) is 24.1 Å². The van der Waals surface area contributed by atoms with Gasteiger partial charge in [0.15, 0.2) is 6.61 Å². The molecule has 132 valence electrons. The maximum Gasteiger partial charge on any atom is 0.316 e. The molecule has 2 rings (SSSR count). The highest BCUT2D eigenvalue weighted by atomic mass is 32.2. The highest BCUT2D eigenvalue weighted by Gasteiger charge is 2.08. The van der Waals surface area contributed by atoms with Crippen LogP contribution >= 0.6 is 23.5 Å². The average Bonchev–Trinajstić information content (AvgIpc) is 2.62. The molecule has 0 fully saturated rings. The molecule has 0 saturated carbocycles. The number of hydrogen-bond donors (Lipinski definition) is 1. The summed E-state index contributed by atoms with van der Waals surface area (Å²) in [6.07, 6.45) is 1.95. The van der Waals surface area contributed by atoms with Crippen LogP contribution < -0.4 is 5.32 Å². The van der Waals surface area contributed by atoms with Crippen LogP contribution in [-0.4, -0.2) is 30.5 Å². The molecule has 0 bridgehead atoms. The monoisotopic (exact) mass is 379 g/mol. The summed E-state index contributed by atoms with van der Waals surface area (Å²) in [6, 6.07) is 13.5. The van der Waals surface area contributed by atoms with E-state index in [1.165, 1.54) is 23.9 Å². The van der Waals surface area contributed by atoms with Crippen molar-refractivity contribution in [3.63, 3.8) is 0 Å². The molecule has 1 amide bonds. The van der Waals surface area contributed by atoms with Gasteiger partial charge in [-0.3, -0.25) is 9.59 Å². The number of rotatable bonds is 8. The molecular weight excluding hydrogens is 361 g/mol. The maximum absolute atomic E-state index is 12.8. The molecule has 2 aromatic carbocycles. The molecule has 2 aromatic rings. The van der Waals surface area contributed by atoms with E-state index in [0.29, 0.717) is 11.4 Å². The zero-order valence-corrected chi connectivity index (χ0v) is 15.3. The number of hydrogen-bond acceptors (Lipinski definition) is 5. The Bertz CT molecular complexity index is 723. The number of thioether (sulfide) groups is 2. The number of carbonyl (C=O) groups excluding carboxylic acids is 2. The van der Waals surface area contributed by atoms with Crippen LogP contribution in [0.15, 0.2) is 53.4 Å². The lowest BCUT2D eigenvalue weighted by Gasteiger charge is -2.07. The molecule has 0 radical (unpaired) electrons. The molecule has 1 N–H and O–H groups in total. The Hall–Kier alpha value is -1.99. The van der Waals surface area contributed by atoms with Crippen LogP contribution in [-0.2, 0) is 20.1 Å². The van der Waals surface area contributed by atoms with Crippen molar-refractivity contribution in [1.29, 1.82) is 0 Å². The summed E-state index contributed by atoms with van der Waals surface area (Å²) in [5.74, 6) is -0.423. The number of esters is 1. The van der Waals surface area contributed by atoms with Crippen LogP contribution in [0.25, 0.3) is 0 Å². The Morgan fingerprint density at radius 1 is 1.16 bits per heavy atom. The minimum absolute atomic E-state index is 0.132. The molecule has 0 spiro atoms. The van der Waals surface area contributed by atoms with Gasteiger partial charge in [-0.1, -0.05) is 18.2 Å². The lowest BCUT2D eigenvalue weighted by atomic mass is 10.2. The third-order valence-corrected chi connectivity index (χ3v) is 4.82. The summed E-state index contributed by atoms with van der Waals surface area (Å²) in [4.78, 5) is 24.5. The first-order valence-corrected chi connectivity index (χ1v) is 9.86. The normalized spacial score (nSPS) is 10.3. The molecule has 0 aliphatic rings. The lowest BCUT2D eigenvalue weighted by molar-refractivity contribution is -0.144. The van der Waals surface area contributed by atoms with Crippen molar-refractivity contribution in [2.75, 3.05) is 23.9 Å². The molecule has 0 aliphatic heterocycles. The van der Waals surface area contributed by atoms with Gasteiger partial charge in [0.25, 0.3) is 5.91 Å². The standard InChI is InChI=1S/C18H18FNO3S2/c1-24-16-4-2-3-15(9-16)20-17(21)10-23-18(22)12-25-11-13-5-7-14(19)8-6-13/h2-9H,10-12H2,1H3,(H,20,21). The SMILES string of the molecule is CSc1cccc(NC(=O)COC(=O)CSCc2ccc(F)cc2)c1. The van der Waals surface area contributed by atoms with E-state index in [0.717, 1.165) is 10.5 Å². The maximum atomic E-state index is 12.8. The van der Waals surface area contributed by atoms with Gasteiger partial charge in [-0.25, -0.2) is 4.39 Å². The Kier molecular flexibility index (Phi) is 7.81. The smallest absolute Gasteiger partial charge is 0.316 e. The number of carbonyl (C=O) groups is 2. The Balaban J connectivity index is 1.66. The fourth-order valence-corrected chi connectivity index (χ4v) is 3.16. The summed E-state index contributed by atoms with van der Waals surface area (Å²) in [5.41, 5.74) is 1.59. The third kappa shape index (κ3) is 7.19. The average molecular weight is 379 g/mol. The van der Waals surface area contributed by atoms with Gasteiger partial charge in [-0.05, 0) is 42.2 Å². The van der Waals surface area contributed by atoms with E-state index in [2.05, 4.69) is 5.32 Å². The van der Waals surface area contributed by atoms with Crippen molar-refractivity contribution >= 4 is 41.1 Å². The van der Waals surface area contributed by atoms with Gasteiger partial charge in [0.05, 0.1) is 5.75 Å². The van der Waals surface area contributed by atoms with Crippen molar-refractivity contribution in [2.24, 2.45) is 0 Å². The predicted octanol–water partition coefficient (Wildman–Crippen LogP) is 3.96. The van der Waals surface area contributed by atoms with Crippen molar-refractivity contribution in [2.45, 2.75) is 10.6 Å². The van der Waals surface area contributed by atoms with Gasteiger partial charge in [-0.15, -0.1) is 23.5 Å². The van der Waals surface area contributed by atoms with Gasteiger partial charge >= 0.3 is 5.97 Å². The Morgan fingerprint density at radius 2 is 1.92 bits per heavy atom. The quantitative estimate of drug-likeness (QED) is 0.556. The van der Waals surface area contributed by atoms with Crippen LogP contribution in [0.5, 0.6) is 0 Å².